The molecular formula is C11H21N2O5PS. The number of piperidine rings is 1. The van der Waals surface area contributed by atoms with E-state index in [4.69, 9.17) is 9.79 Å². The molecule has 0 atom stereocenters. The fourth-order valence-corrected chi connectivity index (χ4v) is 3.39. The summed E-state index contributed by atoms with van der Waals surface area (Å²) < 4.78 is 10.6. The predicted octanol–water partition coefficient (Wildman–Crippen LogP) is 0.721. The number of carbonyl (C=O) groups excluding carboxylic acids is 2. The van der Waals surface area contributed by atoms with E-state index < -0.39 is 6.80 Å². The summed E-state index contributed by atoms with van der Waals surface area (Å²) in [4.78, 5) is 41.6. The van der Waals surface area contributed by atoms with Gasteiger partial charge in [-0.15, -0.1) is 0 Å². The summed E-state index contributed by atoms with van der Waals surface area (Å²) in [6.07, 6.45) is 3.15. The zero-order chi connectivity index (χ0) is 15.0. The van der Waals surface area contributed by atoms with Crippen molar-refractivity contribution in [2.24, 2.45) is 0 Å². The summed E-state index contributed by atoms with van der Waals surface area (Å²) in [6, 6.07) is 0. The van der Waals surface area contributed by atoms with Crippen LogP contribution < -0.4 is 5.32 Å². The first kappa shape index (κ1) is 17.7. The first-order valence-corrected chi connectivity index (χ1v) is 9.84. The lowest BCUT2D eigenvalue weighted by Crippen LogP contribution is -2.40. The van der Waals surface area contributed by atoms with E-state index in [1.165, 1.54) is 4.90 Å². The van der Waals surface area contributed by atoms with E-state index in [0.29, 0.717) is 56.0 Å². The second-order valence-electron chi connectivity index (χ2n) is 4.57. The number of rotatable bonds is 9. The molecule has 0 saturated carbocycles. The summed E-state index contributed by atoms with van der Waals surface area (Å²) in [5.74, 6) is 0.201. The molecule has 0 unspecified atom stereocenters. The van der Waals surface area contributed by atoms with E-state index in [2.05, 4.69) is 5.32 Å². The SMILES string of the molecule is O=C1CCCC(=O)N1CCCCNCCSP(=O)(O)O. The van der Waals surface area contributed by atoms with Gasteiger partial charge >= 0.3 is 6.80 Å². The monoisotopic (exact) mass is 324 g/mol. The van der Waals surface area contributed by atoms with Crippen LogP contribution in [0.2, 0.25) is 0 Å². The van der Waals surface area contributed by atoms with Crippen molar-refractivity contribution in [3.05, 3.63) is 0 Å². The number of nitrogens with zero attached hydrogens (tertiary/aromatic N) is 1. The Morgan fingerprint density at radius 1 is 1.15 bits per heavy atom. The van der Waals surface area contributed by atoms with E-state index in [1.54, 1.807) is 0 Å². The molecule has 0 aliphatic carbocycles. The number of carbonyl (C=O) groups is 2. The molecule has 1 heterocycles. The van der Waals surface area contributed by atoms with Crippen LogP contribution in [-0.2, 0) is 14.2 Å². The molecule has 0 radical (unpaired) electrons. The van der Waals surface area contributed by atoms with Gasteiger partial charge in [0.25, 0.3) is 0 Å². The van der Waals surface area contributed by atoms with Gasteiger partial charge in [-0.1, -0.05) is 0 Å². The van der Waals surface area contributed by atoms with Crippen LogP contribution in [0.3, 0.4) is 0 Å². The highest BCUT2D eigenvalue weighted by Gasteiger charge is 2.24. The molecule has 0 aromatic rings. The number of amides is 2. The van der Waals surface area contributed by atoms with Gasteiger partial charge in [0, 0.05) is 31.7 Å². The standard InChI is InChI=1S/C11H21N2O5PS/c14-10-4-3-5-11(15)13(10)8-2-1-6-12-7-9-20-19(16,17)18/h12H,1-9H2,(H2,16,17,18). The van der Waals surface area contributed by atoms with E-state index >= 15 is 0 Å². The lowest BCUT2D eigenvalue weighted by atomic mass is 10.1. The van der Waals surface area contributed by atoms with Gasteiger partial charge < -0.3 is 15.1 Å². The summed E-state index contributed by atoms with van der Waals surface area (Å²) in [5, 5.41) is 3.07. The quantitative estimate of drug-likeness (QED) is 0.326. The third-order valence-electron chi connectivity index (χ3n) is 2.91. The maximum absolute atomic E-state index is 11.5. The Hall–Kier alpha value is -0.400. The van der Waals surface area contributed by atoms with E-state index in [9.17, 15) is 14.2 Å². The zero-order valence-electron chi connectivity index (χ0n) is 11.3. The highest BCUT2D eigenvalue weighted by Crippen LogP contribution is 2.49. The Labute approximate surface area is 122 Å². The molecule has 3 N–H and O–H groups in total. The lowest BCUT2D eigenvalue weighted by molar-refractivity contribution is -0.147. The van der Waals surface area contributed by atoms with Crippen LogP contribution in [0, 0.1) is 0 Å². The van der Waals surface area contributed by atoms with Gasteiger partial charge in [0.15, 0.2) is 0 Å². The highest BCUT2D eigenvalue weighted by molar-refractivity contribution is 8.54. The molecule has 20 heavy (non-hydrogen) atoms. The topological polar surface area (TPSA) is 107 Å². The van der Waals surface area contributed by atoms with Crippen LogP contribution in [0.25, 0.3) is 0 Å². The van der Waals surface area contributed by atoms with E-state index in [-0.39, 0.29) is 11.8 Å². The molecule has 1 rings (SSSR count). The van der Waals surface area contributed by atoms with Crippen molar-refractivity contribution in [1.29, 1.82) is 0 Å². The van der Waals surface area contributed by atoms with Gasteiger partial charge in [0.1, 0.15) is 0 Å². The summed E-state index contributed by atoms with van der Waals surface area (Å²) in [5.41, 5.74) is 0. The number of hydrogen-bond acceptors (Lipinski definition) is 5. The molecule has 1 fully saturated rings. The zero-order valence-corrected chi connectivity index (χ0v) is 13.0. The van der Waals surface area contributed by atoms with Crippen LogP contribution in [0.15, 0.2) is 0 Å². The fraction of sp³-hybridized carbons (Fsp3) is 0.818. The van der Waals surface area contributed by atoms with Crippen molar-refractivity contribution < 1.29 is 23.9 Å². The molecule has 2 amide bonds. The second-order valence-corrected chi connectivity index (χ2v) is 8.42. The first-order valence-electron chi connectivity index (χ1n) is 6.64. The molecule has 0 aromatic heterocycles. The van der Waals surface area contributed by atoms with Crippen molar-refractivity contribution in [1.82, 2.24) is 10.2 Å². The number of nitrogens with one attached hydrogen (secondary N) is 1. The predicted molar refractivity (Wildman–Crippen MR) is 77.2 cm³/mol. The molecule has 0 bridgehead atoms. The molecule has 7 nitrogen and oxygen atoms in total. The average Bonchev–Trinajstić information content (AvgIpc) is 2.34. The van der Waals surface area contributed by atoms with Gasteiger partial charge in [0.2, 0.25) is 11.8 Å². The molecule has 1 saturated heterocycles. The summed E-state index contributed by atoms with van der Waals surface area (Å²) in [7, 11) is 0. The van der Waals surface area contributed by atoms with E-state index in [0.717, 1.165) is 12.8 Å². The van der Waals surface area contributed by atoms with Crippen LogP contribution in [-0.4, -0.2) is 51.9 Å². The van der Waals surface area contributed by atoms with Crippen LogP contribution in [0.4, 0.5) is 0 Å². The van der Waals surface area contributed by atoms with Crippen molar-refractivity contribution in [2.75, 3.05) is 25.4 Å². The number of hydrogen-bond donors (Lipinski definition) is 3. The molecule has 0 spiro atoms. The van der Waals surface area contributed by atoms with Gasteiger partial charge in [-0.3, -0.25) is 14.5 Å². The van der Waals surface area contributed by atoms with Crippen molar-refractivity contribution >= 4 is 30.0 Å². The number of unbranched alkanes of at least 4 members (excludes halogenated alkanes) is 1. The molecule has 1 aliphatic rings. The Morgan fingerprint density at radius 3 is 2.40 bits per heavy atom. The molecule has 0 aromatic carbocycles. The largest absolute Gasteiger partial charge is 0.384 e. The summed E-state index contributed by atoms with van der Waals surface area (Å²) in [6.45, 7) is -2.26. The molecule has 116 valence electrons. The maximum Gasteiger partial charge on any atom is 0.384 e. The van der Waals surface area contributed by atoms with Crippen molar-refractivity contribution in [3.8, 4) is 0 Å². The summed E-state index contributed by atoms with van der Waals surface area (Å²) >= 11 is 0.627. The van der Waals surface area contributed by atoms with Gasteiger partial charge in [-0.2, -0.15) is 0 Å². The second kappa shape index (κ2) is 8.79. The maximum atomic E-state index is 11.5. The normalized spacial score (nSPS) is 16.8. The van der Waals surface area contributed by atoms with Crippen LogP contribution >= 0.6 is 18.2 Å². The first-order chi connectivity index (χ1) is 9.40. The molecule has 1 aliphatic heterocycles. The van der Waals surface area contributed by atoms with Crippen LogP contribution in [0.5, 0.6) is 0 Å². The lowest BCUT2D eigenvalue weighted by Gasteiger charge is -2.24. The third-order valence-corrected chi connectivity index (χ3v) is 5.19. The smallest absolute Gasteiger partial charge is 0.317 e. The van der Waals surface area contributed by atoms with Gasteiger partial charge in [-0.05, 0) is 37.2 Å². The minimum absolute atomic E-state index is 0.0766. The Morgan fingerprint density at radius 2 is 1.80 bits per heavy atom. The van der Waals surface area contributed by atoms with Crippen molar-refractivity contribution in [2.45, 2.75) is 32.1 Å². The molecule has 9 heteroatoms. The minimum Gasteiger partial charge on any atom is -0.317 e. The van der Waals surface area contributed by atoms with Crippen LogP contribution in [0.1, 0.15) is 32.1 Å². The minimum atomic E-state index is -3.96. The van der Waals surface area contributed by atoms with Crippen molar-refractivity contribution in [3.63, 3.8) is 0 Å². The van der Waals surface area contributed by atoms with Gasteiger partial charge in [-0.25, -0.2) is 4.57 Å². The number of imide groups is 1. The van der Waals surface area contributed by atoms with E-state index in [1.807, 2.05) is 0 Å². The Balaban J connectivity index is 2.00. The third kappa shape index (κ3) is 7.40. The number of likely N-dealkylation sites (tertiary alicyclic amines) is 1. The Bertz CT molecular complexity index is 371. The fourth-order valence-electron chi connectivity index (χ4n) is 1.93. The Kier molecular flexibility index (Phi) is 7.76. The highest BCUT2D eigenvalue weighted by atomic mass is 32.7. The average molecular weight is 324 g/mol. The van der Waals surface area contributed by atoms with Gasteiger partial charge in [0.05, 0.1) is 0 Å². The molecular weight excluding hydrogens is 303 g/mol.